The number of ketones is 2. The van der Waals surface area contributed by atoms with Crippen LogP contribution in [-0.2, 0) is 9.59 Å². The van der Waals surface area contributed by atoms with Crippen molar-refractivity contribution in [3.8, 4) is 0 Å². The maximum atomic E-state index is 12.2. The molecule has 4 aliphatic carbocycles. The van der Waals surface area contributed by atoms with Crippen LogP contribution in [0.1, 0.15) is 66.2 Å². The molecule has 1 N–H and O–H groups in total. The van der Waals surface area contributed by atoms with Gasteiger partial charge in [0.1, 0.15) is 5.78 Å². The van der Waals surface area contributed by atoms with E-state index in [1.165, 1.54) is 5.57 Å². The second-order valence-electron chi connectivity index (χ2n) is 9.93. The Bertz CT molecular complexity index is 650. The molecule has 25 heavy (non-hydrogen) atoms. The molecule has 0 amide bonds. The zero-order valence-electron chi connectivity index (χ0n) is 16.0. The van der Waals surface area contributed by atoms with E-state index in [1.807, 2.05) is 6.08 Å². The van der Waals surface area contributed by atoms with Crippen LogP contribution < -0.4 is 0 Å². The first kappa shape index (κ1) is 17.5. The van der Waals surface area contributed by atoms with Crippen molar-refractivity contribution in [3.05, 3.63) is 11.6 Å². The Balaban J connectivity index is 1.76. The van der Waals surface area contributed by atoms with Gasteiger partial charge in [-0.15, -0.1) is 0 Å². The van der Waals surface area contributed by atoms with Crippen LogP contribution >= 0.6 is 0 Å². The fourth-order valence-corrected chi connectivity index (χ4v) is 7.79. The monoisotopic (exact) mass is 344 g/mol. The van der Waals surface area contributed by atoms with E-state index in [-0.39, 0.29) is 34.6 Å². The van der Waals surface area contributed by atoms with Crippen LogP contribution in [0.5, 0.6) is 0 Å². The number of carbonyl (C=O) groups is 2. The summed E-state index contributed by atoms with van der Waals surface area (Å²) in [5.41, 5.74) is 1.19. The molecule has 0 aromatic carbocycles. The molecule has 3 nitrogen and oxygen atoms in total. The van der Waals surface area contributed by atoms with Crippen LogP contribution in [-0.4, -0.2) is 22.8 Å². The molecule has 0 saturated heterocycles. The highest BCUT2D eigenvalue weighted by molar-refractivity contribution is 5.91. The van der Waals surface area contributed by atoms with Gasteiger partial charge in [-0.05, 0) is 79.6 Å². The minimum atomic E-state index is -0.361. The molecule has 0 heterocycles. The van der Waals surface area contributed by atoms with Crippen molar-refractivity contribution in [2.75, 3.05) is 0 Å². The van der Waals surface area contributed by atoms with E-state index in [9.17, 15) is 14.7 Å². The van der Waals surface area contributed by atoms with Gasteiger partial charge in [-0.2, -0.15) is 0 Å². The molecule has 0 spiro atoms. The zero-order chi connectivity index (χ0) is 18.1. The average molecular weight is 344 g/mol. The molecule has 0 aliphatic heterocycles. The third-order valence-electron chi connectivity index (χ3n) is 8.70. The first-order chi connectivity index (χ1) is 11.7. The number of hydrogen-bond donors (Lipinski definition) is 1. The molecule has 4 rings (SSSR count). The van der Waals surface area contributed by atoms with E-state index in [0.29, 0.717) is 30.0 Å². The largest absolute Gasteiger partial charge is 0.393 e. The van der Waals surface area contributed by atoms with Crippen molar-refractivity contribution >= 4 is 11.6 Å². The van der Waals surface area contributed by atoms with Crippen LogP contribution in [0.15, 0.2) is 11.6 Å². The normalized spacial score (nSPS) is 52.0. The van der Waals surface area contributed by atoms with Gasteiger partial charge in [0.25, 0.3) is 0 Å². The summed E-state index contributed by atoms with van der Waals surface area (Å²) in [6.07, 6.45) is 6.93. The highest BCUT2D eigenvalue weighted by atomic mass is 16.3. The van der Waals surface area contributed by atoms with E-state index in [0.717, 1.165) is 32.1 Å². The predicted octanol–water partition coefficient (Wildman–Crippen LogP) is 3.94. The summed E-state index contributed by atoms with van der Waals surface area (Å²) in [6.45, 7) is 8.55. The lowest BCUT2D eigenvalue weighted by atomic mass is 9.44. The summed E-state index contributed by atoms with van der Waals surface area (Å²) in [5.74, 6) is 2.33. The lowest BCUT2D eigenvalue weighted by Gasteiger charge is -2.61. The molecular formula is C22H32O3. The Morgan fingerprint density at radius 3 is 2.68 bits per heavy atom. The highest BCUT2D eigenvalue weighted by Crippen LogP contribution is 2.67. The van der Waals surface area contributed by atoms with E-state index in [1.54, 1.807) is 6.92 Å². The summed E-state index contributed by atoms with van der Waals surface area (Å²) in [7, 11) is 0. The van der Waals surface area contributed by atoms with E-state index in [2.05, 4.69) is 20.8 Å². The minimum Gasteiger partial charge on any atom is -0.393 e. The van der Waals surface area contributed by atoms with E-state index in [4.69, 9.17) is 0 Å². The number of Topliss-reactive ketones (excluding diaryl/α,β-unsaturated/α-hetero) is 1. The lowest BCUT2D eigenvalue weighted by Crippen LogP contribution is -2.58. The molecule has 138 valence electrons. The van der Waals surface area contributed by atoms with Crippen LogP contribution in [0.3, 0.4) is 0 Å². The Labute approximate surface area is 151 Å². The molecule has 3 fully saturated rings. The minimum absolute atomic E-state index is 0.0474. The van der Waals surface area contributed by atoms with Gasteiger partial charge < -0.3 is 5.11 Å². The SMILES string of the molecule is CC(=O)[C@@H]1CC[C@@H]2[C@H]3C[C@H](C)C4=CC(=O)CC[C@]4(C)[C@@H]3[C@@H](O)C[C@]21C. The van der Waals surface area contributed by atoms with Gasteiger partial charge in [-0.3, -0.25) is 9.59 Å². The second-order valence-corrected chi connectivity index (χ2v) is 9.93. The fourth-order valence-electron chi connectivity index (χ4n) is 7.79. The number of aliphatic hydroxyl groups excluding tert-OH is 1. The van der Waals surface area contributed by atoms with Gasteiger partial charge >= 0.3 is 0 Å². The quantitative estimate of drug-likeness (QED) is 0.784. The smallest absolute Gasteiger partial charge is 0.155 e. The van der Waals surface area contributed by atoms with Crippen molar-refractivity contribution in [1.29, 1.82) is 0 Å². The average Bonchev–Trinajstić information content (AvgIpc) is 2.85. The molecule has 0 aromatic heterocycles. The van der Waals surface area contributed by atoms with Crippen LogP contribution in [0.4, 0.5) is 0 Å². The third kappa shape index (κ3) is 2.27. The van der Waals surface area contributed by atoms with Gasteiger partial charge in [0.15, 0.2) is 5.78 Å². The number of aliphatic hydroxyl groups is 1. The number of carbonyl (C=O) groups excluding carboxylic acids is 2. The zero-order valence-corrected chi connectivity index (χ0v) is 16.0. The van der Waals surface area contributed by atoms with E-state index < -0.39 is 0 Å². The molecule has 0 unspecified atom stereocenters. The van der Waals surface area contributed by atoms with Crippen molar-refractivity contribution in [3.63, 3.8) is 0 Å². The Morgan fingerprint density at radius 2 is 2.00 bits per heavy atom. The number of allylic oxidation sites excluding steroid dienone is 1. The van der Waals surface area contributed by atoms with Crippen molar-refractivity contribution in [1.82, 2.24) is 0 Å². The molecule has 0 bridgehead atoms. The first-order valence-corrected chi connectivity index (χ1v) is 10.1. The number of fused-ring (bicyclic) bond motifs is 5. The second kappa shape index (κ2) is 5.52. The standard InChI is InChI=1S/C22H32O3/c1-12-9-15-17-6-5-16(13(2)23)22(17,4)11-19(25)20(15)21(3)8-7-14(24)10-18(12)21/h10,12,15-17,19-20,25H,5-9,11H2,1-4H3/t12-,15+,16-,17+,19-,20-,21-,22-/m0/s1. The summed E-state index contributed by atoms with van der Waals surface area (Å²) < 4.78 is 0. The number of rotatable bonds is 1. The third-order valence-corrected chi connectivity index (χ3v) is 8.70. The maximum Gasteiger partial charge on any atom is 0.155 e. The van der Waals surface area contributed by atoms with Gasteiger partial charge in [-0.25, -0.2) is 0 Å². The van der Waals surface area contributed by atoms with Crippen LogP contribution in [0.2, 0.25) is 0 Å². The Kier molecular flexibility index (Phi) is 3.85. The molecule has 0 aromatic rings. The van der Waals surface area contributed by atoms with Crippen molar-refractivity contribution < 1.29 is 14.7 Å². The summed E-state index contributed by atoms with van der Waals surface area (Å²) in [6, 6.07) is 0. The van der Waals surface area contributed by atoms with Crippen molar-refractivity contribution in [2.45, 2.75) is 72.3 Å². The predicted molar refractivity (Wildman–Crippen MR) is 96.8 cm³/mol. The van der Waals surface area contributed by atoms with Crippen LogP contribution in [0, 0.1) is 40.4 Å². The van der Waals surface area contributed by atoms with Gasteiger partial charge in [0.05, 0.1) is 6.10 Å². The first-order valence-electron chi connectivity index (χ1n) is 10.1. The molecule has 4 aliphatic rings. The fraction of sp³-hybridized carbons (Fsp3) is 0.818. The Morgan fingerprint density at radius 1 is 1.28 bits per heavy atom. The van der Waals surface area contributed by atoms with Crippen LogP contribution in [0.25, 0.3) is 0 Å². The topological polar surface area (TPSA) is 54.4 Å². The lowest BCUT2D eigenvalue weighted by molar-refractivity contribution is -0.147. The van der Waals surface area contributed by atoms with E-state index >= 15 is 0 Å². The summed E-state index contributed by atoms with van der Waals surface area (Å²) in [4.78, 5) is 24.3. The maximum absolute atomic E-state index is 12.2. The summed E-state index contributed by atoms with van der Waals surface area (Å²) in [5, 5.41) is 11.2. The molecule has 3 heteroatoms. The van der Waals surface area contributed by atoms with Crippen molar-refractivity contribution in [2.24, 2.45) is 40.4 Å². The Hall–Kier alpha value is -0.960. The van der Waals surface area contributed by atoms with Gasteiger partial charge in [-0.1, -0.05) is 26.3 Å². The number of hydrogen-bond acceptors (Lipinski definition) is 3. The molecular weight excluding hydrogens is 312 g/mol. The highest BCUT2D eigenvalue weighted by Gasteiger charge is 2.63. The van der Waals surface area contributed by atoms with Gasteiger partial charge in [0, 0.05) is 12.3 Å². The van der Waals surface area contributed by atoms with Gasteiger partial charge in [0.2, 0.25) is 0 Å². The molecule has 3 saturated carbocycles. The molecule has 0 radical (unpaired) electrons. The summed E-state index contributed by atoms with van der Waals surface area (Å²) >= 11 is 0. The molecule has 8 atom stereocenters.